The second kappa shape index (κ2) is 7.63. The Morgan fingerprint density at radius 3 is 2.68 bits per heavy atom. The minimum atomic E-state index is -0.217. The summed E-state index contributed by atoms with van der Waals surface area (Å²) in [4.78, 5) is 24.4. The molecule has 2 heterocycles. The van der Waals surface area contributed by atoms with Crippen molar-refractivity contribution in [2.75, 3.05) is 5.75 Å². The van der Waals surface area contributed by atoms with E-state index >= 15 is 0 Å². The number of rotatable bonds is 6. The van der Waals surface area contributed by atoms with Crippen molar-refractivity contribution in [1.82, 2.24) is 0 Å². The molecule has 1 aliphatic carbocycles. The van der Waals surface area contributed by atoms with Crippen molar-refractivity contribution < 1.29 is 18.7 Å². The molecule has 4 rings (SSSR count). The van der Waals surface area contributed by atoms with Crippen molar-refractivity contribution in [3.05, 3.63) is 71.2 Å². The first-order valence-corrected chi connectivity index (χ1v) is 10.6. The molecule has 0 spiro atoms. The Labute approximate surface area is 169 Å². The Kier molecular flexibility index (Phi) is 5.19. The molecule has 1 aromatic carbocycles. The van der Waals surface area contributed by atoms with Crippen LogP contribution in [-0.4, -0.2) is 16.8 Å². The third kappa shape index (κ3) is 3.95. The molecule has 0 N–H and O–H groups in total. The zero-order valence-corrected chi connectivity index (χ0v) is 17.0. The standard InChI is InChI=1S/C23H24O4S/c1-23(2)19(13-16-10-11-28-22(16)25)20(23)21(24)26-14-18-9-8-17(27-18)12-15-6-4-3-5-7-15/h3-9,13,19-20H,10-12,14H2,1-2H3/t19-,20-/m0/s1. The quantitative estimate of drug-likeness (QED) is 0.520. The van der Waals surface area contributed by atoms with Gasteiger partial charge in [-0.05, 0) is 35.4 Å². The van der Waals surface area contributed by atoms with E-state index < -0.39 is 0 Å². The molecule has 1 aliphatic heterocycles. The number of benzene rings is 1. The second-order valence-corrected chi connectivity index (χ2v) is 9.11. The molecule has 2 atom stereocenters. The number of thioether (sulfide) groups is 1. The Bertz CT molecular complexity index is 910. The van der Waals surface area contributed by atoms with Crippen molar-refractivity contribution in [1.29, 1.82) is 0 Å². The molecule has 1 aromatic heterocycles. The molecule has 0 unspecified atom stereocenters. The highest BCUT2D eigenvalue weighted by Crippen LogP contribution is 2.60. The summed E-state index contributed by atoms with van der Waals surface area (Å²) < 4.78 is 11.3. The Morgan fingerprint density at radius 1 is 1.21 bits per heavy atom. The van der Waals surface area contributed by atoms with Gasteiger partial charge < -0.3 is 9.15 Å². The summed E-state index contributed by atoms with van der Waals surface area (Å²) >= 11 is 1.36. The van der Waals surface area contributed by atoms with E-state index in [1.54, 1.807) is 0 Å². The van der Waals surface area contributed by atoms with E-state index in [0.717, 1.165) is 23.5 Å². The summed E-state index contributed by atoms with van der Waals surface area (Å²) in [5.41, 5.74) is 1.87. The minimum Gasteiger partial charge on any atom is -0.462 e. The largest absolute Gasteiger partial charge is 0.462 e. The summed E-state index contributed by atoms with van der Waals surface area (Å²) in [7, 11) is 0. The van der Waals surface area contributed by atoms with Gasteiger partial charge in [0.15, 0.2) is 0 Å². The lowest BCUT2D eigenvalue weighted by Crippen LogP contribution is -2.10. The number of hydrogen-bond acceptors (Lipinski definition) is 5. The third-order valence-electron chi connectivity index (χ3n) is 5.71. The van der Waals surface area contributed by atoms with Crippen LogP contribution < -0.4 is 0 Å². The lowest BCUT2D eigenvalue weighted by molar-refractivity contribution is -0.148. The van der Waals surface area contributed by atoms with Gasteiger partial charge in [0, 0.05) is 17.7 Å². The number of carbonyl (C=O) groups excluding carboxylic acids is 2. The van der Waals surface area contributed by atoms with Crippen LogP contribution in [0.25, 0.3) is 0 Å². The zero-order chi connectivity index (χ0) is 19.7. The highest BCUT2D eigenvalue weighted by molar-refractivity contribution is 8.14. The number of ether oxygens (including phenoxy) is 1. The smallest absolute Gasteiger partial charge is 0.310 e. The first kappa shape index (κ1) is 19.1. The minimum absolute atomic E-state index is 0.0721. The maximum atomic E-state index is 12.6. The van der Waals surface area contributed by atoms with Gasteiger partial charge in [-0.2, -0.15) is 0 Å². The molecule has 4 nitrogen and oxygen atoms in total. The van der Waals surface area contributed by atoms with Crippen molar-refractivity contribution in [2.45, 2.75) is 33.3 Å². The SMILES string of the molecule is CC1(C)[C@H](C(=O)OCc2ccc(Cc3ccccc3)o2)[C@@H]1C=C1CCSC1=O. The predicted molar refractivity (Wildman–Crippen MR) is 109 cm³/mol. The third-order valence-corrected chi connectivity index (χ3v) is 6.64. The highest BCUT2D eigenvalue weighted by Gasteiger charge is 2.61. The van der Waals surface area contributed by atoms with Gasteiger partial charge in [-0.1, -0.05) is 62.0 Å². The van der Waals surface area contributed by atoms with Crippen molar-refractivity contribution in [3.63, 3.8) is 0 Å². The van der Waals surface area contributed by atoms with Gasteiger partial charge in [0.2, 0.25) is 5.12 Å². The van der Waals surface area contributed by atoms with E-state index in [4.69, 9.17) is 9.15 Å². The number of allylic oxidation sites excluding steroid dienone is 1. The van der Waals surface area contributed by atoms with Gasteiger partial charge in [0.1, 0.15) is 18.1 Å². The fourth-order valence-corrected chi connectivity index (χ4v) is 4.74. The average molecular weight is 397 g/mol. The number of furan rings is 1. The molecule has 2 aliphatic rings. The Hall–Kier alpha value is -2.27. The summed E-state index contributed by atoms with van der Waals surface area (Å²) in [6, 6.07) is 13.9. The maximum absolute atomic E-state index is 12.6. The molecule has 2 aromatic rings. The monoisotopic (exact) mass is 396 g/mol. The van der Waals surface area contributed by atoms with Crippen LogP contribution in [0.4, 0.5) is 0 Å². The van der Waals surface area contributed by atoms with Gasteiger partial charge in [0.25, 0.3) is 0 Å². The molecule has 1 saturated heterocycles. The molecule has 0 amide bonds. The Morgan fingerprint density at radius 2 is 1.96 bits per heavy atom. The van der Waals surface area contributed by atoms with Crippen LogP contribution in [0.3, 0.4) is 0 Å². The predicted octanol–water partition coefficient (Wildman–Crippen LogP) is 4.78. The van der Waals surface area contributed by atoms with Crippen LogP contribution in [0.2, 0.25) is 0 Å². The van der Waals surface area contributed by atoms with Crippen molar-refractivity contribution in [2.24, 2.45) is 17.3 Å². The molecule has 5 heteroatoms. The normalized spacial score (nSPS) is 24.5. The van der Waals surface area contributed by atoms with Gasteiger partial charge in [-0.25, -0.2) is 0 Å². The van der Waals surface area contributed by atoms with Crippen LogP contribution in [0, 0.1) is 17.3 Å². The molecule has 146 valence electrons. The fraction of sp³-hybridized carbons (Fsp3) is 0.391. The fourth-order valence-electron chi connectivity index (χ4n) is 3.88. The lowest BCUT2D eigenvalue weighted by atomic mass is 10.1. The summed E-state index contributed by atoms with van der Waals surface area (Å²) in [6.45, 7) is 4.24. The average Bonchev–Trinajstić information content (AvgIpc) is 3.03. The summed E-state index contributed by atoms with van der Waals surface area (Å²) in [5, 5.41) is 0.149. The van der Waals surface area contributed by atoms with E-state index in [9.17, 15) is 9.59 Å². The van der Waals surface area contributed by atoms with E-state index in [1.165, 1.54) is 17.3 Å². The molecule has 0 bridgehead atoms. The van der Waals surface area contributed by atoms with Crippen LogP contribution in [0.1, 0.15) is 37.4 Å². The number of carbonyl (C=O) groups is 2. The molecule has 1 saturated carbocycles. The topological polar surface area (TPSA) is 56.5 Å². The molecule has 2 fully saturated rings. The summed E-state index contributed by atoms with van der Waals surface area (Å²) in [5.74, 6) is 2.00. The van der Waals surface area contributed by atoms with Crippen LogP contribution in [0.5, 0.6) is 0 Å². The highest BCUT2D eigenvalue weighted by atomic mass is 32.2. The summed E-state index contributed by atoms with van der Waals surface area (Å²) in [6.07, 6.45) is 3.51. The first-order chi connectivity index (χ1) is 13.4. The second-order valence-electron chi connectivity index (χ2n) is 8.04. The number of hydrogen-bond donors (Lipinski definition) is 0. The van der Waals surface area contributed by atoms with Crippen LogP contribution in [0.15, 0.2) is 58.5 Å². The van der Waals surface area contributed by atoms with Crippen LogP contribution >= 0.6 is 11.8 Å². The molecular formula is C23H24O4S. The van der Waals surface area contributed by atoms with E-state index in [2.05, 4.69) is 26.0 Å². The van der Waals surface area contributed by atoms with Crippen LogP contribution in [-0.2, 0) is 27.4 Å². The van der Waals surface area contributed by atoms with Crippen molar-refractivity contribution >= 4 is 22.8 Å². The maximum Gasteiger partial charge on any atom is 0.310 e. The Balaban J connectivity index is 1.33. The number of esters is 1. The van der Waals surface area contributed by atoms with Crippen molar-refractivity contribution in [3.8, 4) is 0 Å². The van der Waals surface area contributed by atoms with E-state index in [0.29, 0.717) is 12.2 Å². The zero-order valence-electron chi connectivity index (χ0n) is 16.1. The van der Waals surface area contributed by atoms with Gasteiger partial charge >= 0.3 is 5.97 Å². The first-order valence-electron chi connectivity index (χ1n) is 9.61. The molecule has 0 radical (unpaired) electrons. The van der Waals surface area contributed by atoms with Gasteiger partial charge in [-0.3, -0.25) is 9.59 Å². The molecule has 28 heavy (non-hydrogen) atoms. The van der Waals surface area contributed by atoms with E-state index in [-0.39, 0.29) is 34.9 Å². The van der Waals surface area contributed by atoms with E-state index in [1.807, 2.05) is 36.4 Å². The molecular weight excluding hydrogens is 372 g/mol. The lowest BCUT2D eigenvalue weighted by Gasteiger charge is -2.04. The van der Waals surface area contributed by atoms with Gasteiger partial charge in [0.05, 0.1) is 5.92 Å². The van der Waals surface area contributed by atoms with Gasteiger partial charge in [-0.15, -0.1) is 0 Å².